The number of ether oxygens (including phenoxy) is 2. The van der Waals surface area contributed by atoms with Crippen LogP contribution in [0.15, 0.2) is 70.7 Å². The number of ketones is 1. The second-order valence-corrected chi connectivity index (χ2v) is 4.47. The summed E-state index contributed by atoms with van der Waals surface area (Å²) < 4.78 is 10.1. The maximum absolute atomic E-state index is 12.3. The fourth-order valence-electron chi connectivity index (χ4n) is 1.78. The number of benzene rings is 2. The van der Waals surface area contributed by atoms with Gasteiger partial charge in [-0.3, -0.25) is 4.79 Å². The van der Waals surface area contributed by atoms with Crippen molar-refractivity contribution in [1.82, 2.24) is 0 Å². The van der Waals surface area contributed by atoms with Gasteiger partial charge < -0.3 is 14.6 Å². The third-order valence-corrected chi connectivity index (χ3v) is 3.05. The maximum Gasteiger partial charge on any atom is 0.216 e. The van der Waals surface area contributed by atoms with Gasteiger partial charge in [0, 0.05) is 5.56 Å². The van der Waals surface area contributed by atoms with E-state index in [9.17, 15) is 9.90 Å². The van der Waals surface area contributed by atoms with Gasteiger partial charge in [0.2, 0.25) is 5.78 Å². The van der Waals surface area contributed by atoms with Gasteiger partial charge in [-0.15, -0.1) is 5.11 Å². The number of carbonyl (C=O) groups is 1. The van der Waals surface area contributed by atoms with Crippen LogP contribution in [0.3, 0.4) is 0 Å². The van der Waals surface area contributed by atoms with Crippen molar-refractivity contribution < 1.29 is 19.4 Å². The number of rotatable bonds is 6. The number of hydrogen-bond acceptors (Lipinski definition) is 6. The summed E-state index contributed by atoms with van der Waals surface area (Å²) in [5.41, 5.74) is 0.749. The lowest BCUT2D eigenvalue weighted by molar-refractivity contribution is 0.102. The molecule has 0 aliphatic heterocycles. The molecule has 1 N–H and O–H groups in total. The molecule has 0 saturated heterocycles. The molecule has 0 atom stereocenters. The average molecular weight is 312 g/mol. The minimum Gasteiger partial charge on any atom is -0.513 e. The van der Waals surface area contributed by atoms with E-state index in [0.29, 0.717) is 29.0 Å². The molecule has 0 aliphatic carbocycles. The zero-order valence-electron chi connectivity index (χ0n) is 12.8. The number of carbonyl (C=O) groups excluding carboxylic acids is 1. The molecule has 6 heteroatoms. The van der Waals surface area contributed by atoms with Crippen LogP contribution >= 0.6 is 0 Å². The predicted molar refractivity (Wildman–Crippen MR) is 85.5 cm³/mol. The predicted octanol–water partition coefficient (Wildman–Crippen LogP) is 4.07. The molecule has 0 amide bonds. The molecule has 0 unspecified atom stereocenters. The SMILES string of the molecule is COc1ccc(N=N/C(=C\O)C(=O)c2ccc(OC)cc2)cc1. The molecule has 6 nitrogen and oxygen atoms in total. The fraction of sp³-hybridized carbons (Fsp3) is 0.118. The fourth-order valence-corrected chi connectivity index (χ4v) is 1.78. The molecule has 0 aromatic heterocycles. The number of Topliss-reactive ketones (excluding diaryl/α,β-unsaturated/α-hetero) is 1. The molecule has 2 aromatic carbocycles. The summed E-state index contributed by atoms with van der Waals surface area (Å²) in [4.78, 5) is 12.3. The first-order valence-corrected chi connectivity index (χ1v) is 6.77. The standard InChI is InChI=1S/C17H16N2O4/c1-22-14-7-3-12(4-8-14)17(21)16(11-20)19-18-13-5-9-15(23-2)10-6-13/h3-11,20H,1-2H3/b16-11-,19-18?. The van der Waals surface area contributed by atoms with Crippen LogP contribution in [0.2, 0.25) is 0 Å². The van der Waals surface area contributed by atoms with Gasteiger partial charge in [-0.1, -0.05) is 0 Å². The van der Waals surface area contributed by atoms with Crippen LogP contribution in [0.25, 0.3) is 0 Å². The van der Waals surface area contributed by atoms with Gasteiger partial charge in [0.15, 0.2) is 5.70 Å². The van der Waals surface area contributed by atoms with E-state index in [1.807, 2.05) is 0 Å². The van der Waals surface area contributed by atoms with E-state index in [2.05, 4.69) is 10.2 Å². The third-order valence-electron chi connectivity index (χ3n) is 3.05. The van der Waals surface area contributed by atoms with Crippen LogP contribution in [-0.2, 0) is 0 Å². The normalized spacial score (nSPS) is 11.5. The van der Waals surface area contributed by atoms with Gasteiger partial charge in [0.05, 0.1) is 19.9 Å². The molecule has 118 valence electrons. The highest BCUT2D eigenvalue weighted by atomic mass is 16.5. The number of aliphatic hydroxyl groups excluding tert-OH is 1. The molecular formula is C17H16N2O4. The molecule has 23 heavy (non-hydrogen) atoms. The summed E-state index contributed by atoms with van der Waals surface area (Å²) in [5.74, 6) is 0.888. The van der Waals surface area contributed by atoms with Crippen molar-refractivity contribution in [2.75, 3.05) is 14.2 Å². The molecular weight excluding hydrogens is 296 g/mol. The van der Waals surface area contributed by atoms with Crippen LogP contribution in [0, 0.1) is 0 Å². The van der Waals surface area contributed by atoms with Crippen molar-refractivity contribution in [2.45, 2.75) is 0 Å². The molecule has 0 saturated carbocycles. The van der Waals surface area contributed by atoms with Crippen molar-refractivity contribution in [1.29, 1.82) is 0 Å². The van der Waals surface area contributed by atoms with E-state index in [4.69, 9.17) is 9.47 Å². The third kappa shape index (κ3) is 4.16. The van der Waals surface area contributed by atoms with Gasteiger partial charge in [0.1, 0.15) is 17.8 Å². The largest absolute Gasteiger partial charge is 0.513 e. The molecule has 0 bridgehead atoms. The molecule has 0 radical (unpaired) electrons. The Labute approximate surface area is 133 Å². The Morgan fingerprint density at radius 3 is 1.96 bits per heavy atom. The zero-order valence-corrected chi connectivity index (χ0v) is 12.8. The second-order valence-electron chi connectivity index (χ2n) is 4.47. The van der Waals surface area contributed by atoms with Gasteiger partial charge in [-0.2, -0.15) is 5.11 Å². The van der Waals surface area contributed by atoms with E-state index in [0.717, 1.165) is 0 Å². The number of allylic oxidation sites excluding steroid dienone is 1. The molecule has 0 heterocycles. The average Bonchev–Trinajstić information content (AvgIpc) is 2.62. The zero-order chi connectivity index (χ0) is 16.7. The monoisotopic (exact) mass is 312 g/mol. The Hall–Kier alpha value is -3.15. The highest BCUT2D eigenvalue weighted by molar-refractivity contribution is 6.08. The van der Waals surface area contributed by atoms with Gasteiger partial charge in [-0.25, -0.2) is 0 Å². The highest BCUT2D eigenvalue weighted by Gasteiger charge is 2.12. The van der Waals surface area contributed by atoms with Crippen molar-refractivity contribution in [3.05, 3.63) is 66.1 Å². The summed E-state index contributed by atoms with van der Waals surface area (Å²) in [6.45, 7) is 0. The smallest absolute Gasteiger partial charge is 0.216 e. The number of hydrogen-bond donors (Lipinski definition) is 1. The van der Waals surface area contributed by atoms with Gasteiger partial charge in [-0.05, 0) is 48.5 Å². The number of nitrogens with zero attached hydrogens (tertiary/aromatic N) is 2. The molecule has 0 fully saturated rings. The lowest BCUT2D eigenvalue weighted by atomic mass is 10.1. The van der Waals surface area contributed by atoms with E-state index in [-0.39, 0.29) is 5.70 Å². The summed E-state index contributed by atoms with van der Waals surface area (Å²) >= 11 is 0. The molecule has 2 rings (SSSR count). The lowest BCUT2D eigenvalue weighted by Crippen LogP contribution is -2.01. The Bertz CT molecular complexity index is 719. The number of methoxy groups -OCH3 is 2. The Kier molecular flexibility index (Phi) is 5.46. The number of azo groups is 1. The van der Waals surface area contributed by atoms with Gasteiger partial charge >= 0.3 is 0 Å². The minimum absolute atomic E-state index is 0.161. The van der Waals surface area contributed by atoms with E-state index >= 15 is 0 Å². The summed E-state index contributed by atoms with van der Waals surface area (Å²) in [6.07, 6.45) is 0.638. The van der Waals surface area contributed by atoms with Crippen LogP contribution in [0.4, 0.5) is 5.69 Å². The van der Waals surface area contributed by atoms with Crippen LogP contribution in [0.1, 0.15) is 10.4 Å². The van der Waals surface area contributed by atoms with Crippen LogP contribution < -0.4 is 9.47 Å². The van der Waals surface area contributed by atoms with E-state index in [1.165, 1.54) is 0 Å². The highest BCUT2D eigenvalue weighted by Crippen LogP contribution is 2.20. The minimum atomic E-state index is -0.438. The topological polar surface area (TPSA) is 80.5 Å². The van der Waals surface area contributed by atoms with Crippen molar-refractivity contribution in [2.24, 2.45) is 10.2 Å². The molecule has 2 aromatic rings. The second kappa shape index (κ2) is 7.74. The quantitative estimate of drug-likeness (QED) is 0.377. The Morgan fingerprint density at radius 1 is 0.957 bits per heavy atom. The number of aliphatic hydroxyl groups is 1. The summed E-state index contributed by atoms with van der Waals surface area (Å²) in [6, 6.07) is 13.3. The van der Waals surface area contributed by atoms with Crippen molar-refractivity contribution in [3.63, 3.8) is 0 Å². The van der Waals surface area contributed by atoms with Crippen LogP contribution in [0.5, 0.6) is 11.5 Å². The first-order chi connectivity index (χ1) is 11.2. The summed E-state index contributed by atoms with van der Waals surface area (Å²) in [5, 5.41) is 17.0. The Balaban J connectivity index is 2.14. The maximum atomic E-state index is 12.3. The van der Waals surface area contributed by atoms with Crippen molar-refractivity contribution >= 4 is 11.5 Å². The van der Waals surface area contributed by atoms with E-state index < -0.39 is 5.78 Å². The first-order valence-electron chi connectivity index (χ1n) is 6.77. The molecule has 0 spiro atoms. The lowest BCUT2D eigenvalue weighted by Gasteiger charge is -2.02. The Morgan fingerprint density at radius 2 is 1.48 bits per heavy atom. The van der Waals surface area contributed by atoms with Gasteiger partial charge in [0.25, 0.3) is 0 Å². The molecule has 0 aliphatic rings. The summed E-state index contributed by atoms with van der Waals surface area (Å²) in [7, 11) is 3.11. The van der Waals surface area contributed by atoms with Crippen molar-refractivity contribution in [3.8, 4) is 11.5 Å². The van der Waals surface area contributed by atoms with Crippen LogP contribution in [-0.4, -0.2) is 25.1 Å². The van der Waals surface area contributed by atoms with E-state index in [1.54, 1.807) is 62.8 Å². The first kappa shape index (κ1) is 16.2.